The molecule has 0 aliphatic carbocycles. The Hall–Kier alpha value is -2.14. The van der Waals surface area contributed by atoms with Crippen LogP contribution in [0.5, 0.6) is 0 Å². The molecule has 1 aromatic rings. The van der Waals surface area contributed by atoms with Crippen LogP contribution in [-0.4, -0.2) is 22.3 Å². The number of carbonyl (C=O) groups excluding carboxylic acids is 1. The largest absolute Gasteiger partial charge is 0.473 e. The Morgan fingerprint density at radius 1 is 1.50 bits per heavy atom. The molecule has 84 valence electrons. The number of rotatable bonds is 1. The molecular weight excluding hydrogens is 227 g/mol. The molecule has 0 saturated carbocycles. The maximum atomic E-state index is 11.9. The summed E-state index contributed by atoms with van der Waals surface area (Å²) < 4.78 is 35.7. The molecule has 0 radical (unpaired) electrons. The molecule has 0 atom stereocenters. The van der Waals surface area contributed by atoms with Crippen LogP contribution in [-0.2, 0) is 4.79 Å². The van der Waals surface area contributed by atoms with E-state index in [1.165, 1.54) is 0 Å². The fourth-order valence-electron chi connectivity index (χ4n) is 0.815. The van der Waals surface area contributed by atoms with Gasteiger partial charge in [-0.2, -0.15) is 23.5 Å². The Kier molecular flexibility index (Phi) is 3.10. The third-order valence-electron chi connectivity index (χ3n) is 1.54. The second-order valence-corrected chi connectivity index (χ2v) is 2.63. The van der Waals surface area contributed by atoms with Crippen LogP contribution in [0.25, 0.3) is 0 Å². The minimum atomic E-state index is -5.18. The van der Waals surface area contributed by atoms with Crippen molar-refractivity contribution in [1.82, 2.24) is 4.98 Å². The van der Waals surface area contributed by atoms with Crippen molar-refractivity contribution in [2.24, 2.45) is 0 Å². The molecular formula is C8H4F3N3O2. The van der Waals surface area contributed by atoms with E-state index in [2.05, 4.69) is 4.98 Å². The van der Waals surface area contributed by atoms with Crippen LogP contribution in [0.1, 0.15) is 5.69 Å². The molecule has 5 nitrogen and oxygen atoms in total. The first kappa shape index (κ1) is 11.9. The predicted molar refractivity (Wildman–Crippen MR) is 44.3 cm³/mol. The summed E-state index contributed by atoms with van der Waals surface area (Å²) in [6, 6.07) is 3.67. The van der Waals surface area contributed by atoms with E-state index in [1.54, 1.807) is 6.07 Å². The lowest BCUT2D eigenvalue weighted by atomic mass is 10.3. The van der Waals surface area contributed by atoms with E-state index in [0.29, 0.717) is 0 Å². The SMILES string of the molecule is N#Cc1ccc(N(O)C(=O)C(F)(F)F)cn1. The number of anilines is 1. The Morgan fingerprint density at radius 3 is 2.50 bits per heavy atom. The number of hydrogen-bond donors (Lipinski definition) is 1. The van der Waals surface area contributed by atoms with Crippen LogP contribution in [0.2, 0.25) is 0 Å². The molecule has 0 bridgehead atoms. The topological polar surface area (TPSA) is 77.2 Å². The smallest absolute Gasteiger partial charge is 0.281 e. The molecule has 0 aliphatic heterocycles. The molecule has 0 aromatic carbocycles. The highest BCUT2D eigenvalue weighted by molar-refractivity contribution is 5.94. The number of hydrogen-bond acceptors (Lipinski definition) is 4. The minimum absolute atomic E-state index is 0.0448. The van der Waals surface area contributed by atoms with Gasteiger partial charge >= 0.3 is 12.1 Å². The van der Waals surface area contributed by atoms with Gasteiger partial charge in [-0.3, -0.25) is 10.0 Å². The fourth-order valence-corrected chi connectivity index (χ4v) is 0.815. The van der Waals surface area contributed by atoms with E-state index in [1.807, 2.05) is 0 Å². The summed E-state index contributed by atoms with van der Waals surface area (Å²) >= 11 is 0. The summed E-state index contributed by atoms with van der Waals surface area (Å²) in [5.74, 6) is -2.43. The van der Waals surface area contributed by atoms with E-state index in [-0.39, 0.29) is 5.69 Å². The van der Waals surface area contributed by atoms with Crippen LogP contribution < -0.4 is 5.06 Å². The zero-order valence-electron chi connectivity index (χ0n) is 7.56. The van der Waals surface area contributed by atoms with Crippen molar-refractivity contribution in [2.45, 2.75) is 6.18 Å². The van der Waals surface area contributed by atoms with Gasteiger partial charge in [-0.05, 0) is 12.1 Å². The molecule has 1 aromatic heterocycles. The molecule has 1 rings (SSSR count). The lowest BCUT2D eigenvalue weighted by molar-refractivity contribution is -0.175. The van der Waals surface area contributed by atoms with Crippen molar-refractivity contribution in [3.63, 3.8) is 0 Å². The van der Waals surface area contributed by atoms with Crippen LogP contribution in [0.15, 0.2) is 18.3 Å². The van der Waals surface area contributed by atoms with Gasteiger partial charge in [0.15, 0.2) is 0 Å². The maximum Gasteiger partial charge on any atom is 0.473 e. The number of carbonyl (C=O) groups is 1. The van der Waals surface area contributed by atoms with Crippen molar-refractivity contribution in [3.05, 3.63) is 24.0 Å². The van der Waals surface area contributed by atoms with Gasteiger partial charge < -0.3 is 0 Å². The first-order chi connectivity index (χ1) is 7.36. The summed E-state index contributed by atoms with van der Waals surface area (Å²) in [4.78, 5) is 14.0. The number of amides is 1. The van der Waals surface area contributed by atoms with E-state index >= 15 is 0 Å². The Balaban J connectivity index is 2.94. The fraction of sp³-hybridized carbons (Fsp3) is 0.125. The van der Waals surface area contributed by atoms with Crippen LogP contribution in [0.3, 0.4) is 0 Å². The molecule has 0 saturated heterocycles. The van der Waals surface area contributed by atoms with Gasteiger partial charge in [-0.15, -0.1) is 0 Å². The summed E-state index contributed by atoms with van der Waals surface area (Å²) in [7, 11) is 0. The third-order valence-corrected chi connectivity index (χ3v) is 1.54. The van der Waals surface area contributed by atoms with Crippen molar-refractivity contribution < 1.29 is 23.2 Å². The number of halogens is 3. The summed E-state index contributed by atoms with van der Waals surface area (Å²) in [6.45, 7) is 0. The van der Waals surface area contributed by atoms with Crippen LogP contribution in [0.4, 0.5) is 18.9 Å². The first-order valence-corrected chi connectivity index (χ1v) is 3.82. The van der Waals surface area contributed by atoms with E-state index < -0.39 is 22.8 Å². The molecule has 1 amide bonds. The first-order valence-electron chi connectivity index (χ1n) is 3.82. The number of nitrogens with zero attached hydrogens (tertiary/aromatic N) is 3. The minimum Gasteiger partial charge on any atom is -0.281 e. The molecule has 0 spiro atoms. The number of aromatic nitrogens is 1. The normalized spacial score (nSPS) is 10.7. The van der Waals surface area contributed by atoms with Crippen molar-refractivity contribution >= 4 is 11.6 Å². The average molecular weight is 231 g/mol. The quantitative estimate of drug-likeness (QED) is 0.582. The highest BCUT2D eigenvalue weighted by atomic mass is 19.4. The predicted octanol–water partition coefficient (Wildman–Crippen LogP) is 1.24. The highest BCUT2D eigenvalue weighted by Crippen LogP contribution is 2.21. The monoisotopic (exact) mass is 231 g/mol. The molecule has 8 heteroatoms. The second kappa shape index (κ2) is 4.16. The Morgan fingerprint density at radius 2 is 2.12 bits per heavy atom. The summed E-state index contributed by atoms with van der Waals surface area (Å²) in [5.41, 5.74) is -0.516. The Labute approximate surface area is 87.3 Å². The number of pyridine rings is 1. The lowest BCUT2D eigenvalue weighted by Gasteiger charge is -2.15. The van der Waals surface area contributed by atoms with Crippen LogP contribution >= 0.6 is 0 Å². The van der Waals surface area contributed by atoms with Crippen molar-refractivity contribution in [1.29, 1.82) is 5.26 Å². The summed E-state index contributed by atoms with van der Waals surface area (Å²) in [6.07, 6.45) is -4.40. The standard InChI is InChI=1S/C8H4F3N3O2/c9-8(10,11)7(15)14(16)6-2-1-5(3-12)13-4-6/h1-2,4,16H. The van der Waals surface area contributed by atoms with E-state index in [4.69, 9.17) is 10.5 Å². The number of nitriles is 1. The molecule has 16 heavy (non-hydrogen) atoms. The zero-order valence-corrected chi connectivity index (χ0v) is 7.56. The van der Waals surface area contributed by atoms with E-state index in [0.717, 1.165) is 18.3 Å². The highest BCUT2D eigenvalue weighted by Gasteiger charge is 2.43. The zero-order chi connectivity index (χ0) is 12.3. The van der Waals surface area contributed by atoms with Gasteiger partial charge in [-0.1, -0.05) is 0 Å². The average Bonchev–Trinajstić information content (AvgIpc) is 2.26. The molecule has 0 aliphatic rings. The van der Waals surface area contributed by atoms with Crippen molar-refractivity contribution in [2.75, 3.05) is 5.06 Å². The van der Waals surface area contributed by atoms with Gasteiger partial charge in [0.2, 0.25) is 0 Å². The van der Waals surface area contributed by atoms with Gasteiger partial charge in [0.05, 0.1) is 11.9 Å². The summed E-state index contributed by atoms with van der Waals surface area (Å²) in [5, 5.41) is 16.7. The maximum absolute atomic E-state index is 11.9. The number of hydroxylamine groups is 1. The number of alkyl halides is 3. The molecule has 1 N–H and O–H groups in total. The van der Waals surface area contributed by atoms with Gasteiger partial charge in [0.25, 0.3) is 0 Å². The van der Waals surface area contributed by atoms with Crippen molar-refractivity contribution in [3.8, 4) is 6.07 Å². The van der Waals surface area contributed by atoms with E-state index in [9.17, 15) is 18.0 Å². The Bertz CT molecular complexity index is 435. The van der Waals surface area contributed by atoms with Gasteiger partial charge in [0, 0.05) is 0 Å². The molecule has 0 unspecified atom stereocenters. The lowest BCUT2D eigenvalue weighted by Crippen LogP contribution is -2.39. The molecule has 1 heterocycles. The van der Waals surface area contributed by atoms with Gasteiger partial charge in [-0.25, -0.2) is 4.98 Å². The van der Waals surface area contributed by atoms with Crippen LogP contribution in [0, 0.1) is 11.3 Å². The third kappa shape index (κ3) is 2.46. The molecule has 0 fully saturated rings. The van der Waals surface area contributed by atoms with Gasteiger partial charge in [0.1, 0.15) is 11.8 Å². The second-order valence-electron chi connectivity index (χ2n) is 2.63.